The maximum absolute atomic E-state index is 5.95. The Morgan fingerprint density at radius 3 is 1.74 bits per heavy atom. The Labute approximate surface area is 161 Å². The molecule has 0 radical (unpaired) electrons. The molecule has 0 N–H and O–H groups in total. The molecule has 130 valence electrons. The van der Waals surface area contributed by atoms with Gasteiger partial charge in [-0.2, -0.15) is 0 Å². The zero-order chi connectivity index (χ0) is 18.1. The van der Waals surface area contributed by atoms with Crippen LogP contribution in [0, 0.1) is 0 Å². The van der Waals surface area contributed by atoms with Gasteiger partial charge in [-0.25, -0.2) is 0 Å². The van der Waals surface area contributed by atoms with Crippen LogP contribution in [-0.4, -0.2) is 0 Å². The predicted molar refractivity (Wildman–Crippen MR) is 116 cm³/mol. The molecule has 5 rings (SSSR count). The fourth-order valence-electron chi connectivity index (χ4n) is 3.52. The second kappa shape index (κ2) is 6.90. The zero-order valence-electron chi connectivity index (χ0n) is 14.8. The molecule has 0 fully saturated rings. The third kappa shape index (κ3) is 2.98. The number of rotatable bonds is 4. The maximum atomic E-state index is 5.95. The summed E-state index contributed by atoms with van der Waals surface area (Å²) in [4.78, 5) is 1.33. The Kier molecular flexibility index (Phi) is 4.11. The van der Waals surface area contributed by atoms with Crippen molar-refractivity contribution in [3.8, 4) is 10.6 Å². The lowest BCUT2D eigenvalue weighted by Crippen LogP contribution is -1.94. The van der Waals surface area contributed by atoms with E-state index in [0.29, 0.717) is 6.61 Å². The molecule has 1 nitrogen and oxygen atoms in total. The molecule has 0 saturated carbocycles. The molecule has 0 saturated heterocycles. The van der Waals surface area contributed by atoms with Crippen LogP contribution in [0.2, 0.25) is 0 Å². The summed E-state index contributed by atoms with van der Waals surface area (Å²) < 4.78 is 8.78. The van der Waals surface area contributed by atoms with E-state index in [4.69, 9.17) is 4.74 Å². The lowest BCUT2D eigenvalue weighted by Gasteiger charge is -2.05. The van der Waals surface area contributed by atoms with E-state index >= 15 is 0 Å². The Bertz CT molecular complexity index is 1150. The second-order valence-electron chi connectivity index (χ2n) is 6.54. The molecule has 0 bridgehead atoms. The van der Waals surface area contributed by atoms with Crippen molar-refractivity contribution >= 4 is 30.6 Å². The van der Waals surface area contributed by atoms with Gasteiger partial charge in [0.05, 0.1) is 0 Å². The third-order valence-corrected chi connectivity index (χ3v) is 7.15. The number of benzene rings is 4. The topological polar surface area (TPSA) is 9.23 Å². The number of hydrogen-bond acceptors (Lipinski definition) is 1. The molecular weight excluding hydrogens is 348 g/mol. The molecule has 0 aliphatic carbocycles. The lowest BCUT2D eigenvalue weighted by atomic mass is 10.2. The summed E-state index contributed by atoms with van der Waals surface area (Å²) in [6, 6.07) is 36.4. The Balaban J connectivity index is 1.51. The van der Waals surface area contributed by atoms with Crippen LogP contribution in [0.3, 0.4) is 0 Å². The molecule has 0 amide bonds. The summed E-state index contributed by atoms with van der Waals surface area (Å²) in [6.07, 6.45) is 0. The molecule has 0 aliphatic rings. The van der Waals surface area contributed by atoms with Gasteiger partial charge in [0.25, 0.3) is 0 Å². The minimum absolute atomic E-state index is 0.0443. The highest BCUT2D eigenvalue weighted by Gasteiger charge is 2.22. The van der Waals surface area contributed by atoms with E-state index in [0.717, 1.165) is 5.75 Å². The molecule has 0 aliphatic heterocycles. The van der Waals surface area contributed by atoms with E-state index < -0.39 is 0 Å². The first-order valence-electron chi connectivity index (χ1n) is 9.10. The Morgan fingerprint density at radius 2 is 1.11 bits per heavy atom. The highest BCUT2D eigenvalue weighted by Crippen LogP contribution is 2.48. The monoisotopic (exact) mass is 367 g/mol. The largest absolute Gasteiger partial charge is 0.489 e. The van der Waals surface area contributed by atoms with Crippen LogP contribution in [-0.2, 0) is 6.61 Å². The van der Waals surface area contributed by atoms with E-state index in [-0.39, 0.29) is 10.5 Å². The van der Waals surface area contributed by atoms with Crippen LogP contribution in [0.5, 0.6) is 5.75 Å². The quantitative estimate of drug-likeness (QED) is 0.303. The van der Waals surface area contributed by atoms with Gasteiger partial charge in [0.1, 0.15) is 12.4 Å². The number of ether oxygens (including phenoxy) is 1. The van der Waals surface area contributed by atoms with Crippen LogP contribution in [0.15, 0.2) is 103 Å². The van der Waals surface area contributed by atoms with Crippen LogP contribution >= 0.6 is 10.5 Å². The zero-order valence-corrected chi connectivity index (χ0v) is 15.7. The summed E-state index contributed by atoms with van der Waals surface area (Å²) in [5.41, 5.74) is 1.18. The Morgan fingerprint density at radius 1 is 0.556 bits per heavy atom. The first-order valence-corrected chi connectivity index (χ1v) is 10.3. The summed E-state index contributed by atoms with van der Waals surface area (Å²) in [5, 5.41) is 2.72. The van der Waals surface area contributed by atoms with Crippen molar-refractivity contribution in [1.82, 2.24) is 0 Å². The first kappa shape index (κ1) is 16.1. The molecule has 0 atom stereocenters. The van der Waals surface area contributed by atoms with E-state index in [1.54, 1.807) is 0 Å². The average molecular weight is 367 g/mol. The highest BCUT2D eigenvalue weighted by molar-refractivity contribution is 7.50. The average Bonchev–Trinajstić information content (AvgIpc) is 3.08. The van der Waals surface area contributed by atoms with Crippen molar-refractivity contribution in [2.45, 2.75) is 6.61 Å². The minimum Gasteiger partial charge on any atom is -0.489 e. The van der Waals surface area contributed by atoms with E-state index in [1.807, 2.05) is 18.2 Å². The molecule has 4 aromatic carbocycles. The van der Waals surface area contributed by atoms with Crippen molar-refractivity contribution < 1.29 is 4.74 Å². The number of hydrogen-bond donors (Lipinski definition) is 0. The summed E-state index contributed by atoms with van der Waals surface area (Å²) in [5.74, 6) is 0.909. The standard InChI is InChI=1S/C25H19OS/c1-2-8-19(9-3-1)18-26-20-14-16-21(17-15-20)27-24-12-6-4-10-22(24)23-11-5-7-13-25(23)27/h1-17H,18H2/q+1. The number of fused-ring (bicyclic) bond motifs is 3. The van der Waals surface area contributed by atoms with Crippen molar-refractivity contribution in [3.05, 3.63) is 109 Å². The van der Waals surface area contributed by atoms with Gasteiger partial charge >= 0.3 is 0 Å². The fourth-order valence-corrected chi connectivity index (χ4v) is 5.90. The van der Waals surface area contributed by atoms with Gasteiger partial charge in [0, 0.05) is 33.4 Å². The second-order valence-corrected chi connectivity index (χ2v) is 8.51. The van der Waals surface area contributed by atoms with Crippen LogP contribution < -0.4 is 4.74 Å². The lowest BCUT2D eigenvalue weighted by molar-refractivity contribution is 0.306. The molecule has 27 heavy (non-hydrogen) atoms. The molecule has 0 unspecified atom stereocenters. The van der Waals surface area contributed by atoms with Crippen molar-refractivity contribution in [1.29, 1.82) is 0 Å². The predicted octanol–water partition coefficient (Wildman–Crippen LogP) is 7.31. The molecule has 2 heteroatoms. The van der Waals surface area contributed by atoms with Crippen LogP contribution in [0.1, 0.15) is 5.56 Å². The smallest absolute Gasteiger partial charge is 0.187 e. The van der Waals surface area contributed by atoms with Gasteiger partial charge in [-0.15, -0.1) is 0 Å². The van der Waals surface area contributed by atoms with Crippen molar-refractivity contribution in [2.75, 3.05) is 0 Å². The first-order chi connectivity index (χ1) is 13.4. The molecule has 5 aromatic rings. The highest BCUT2D eigenvalue weighted by atomic mass is 32.2. The SMILES string of the molecule is c1ccc(COc2ccc(-[s+]3c4ccccc4c4ccccc43)cc2)cc1. The molecular formula is C25H19OS+. The van der Waals surface area contributed by atoms with Gasteiger partial charge in [-0.05, 0) is 42.0 Å². The molecule has 1 aromatic heterocycles. The van der Waals surface area contributed by atoms with Gasteiger partial charge in [-0.3, -0.25) is 0 Å². The van der Waals surface area contributed by atoms with Gasteiger partial charge in [-0.1, -0.05) is 54.6 Å². The number of thiophene rings is 1. The molecule has 1 heterocycles. The van der Waals surface area contributed by atoms with Crippen LogP contribution in [0.25, 0.3) is 25.1 Å². The van der Waals surface area contributed by atoms with Crippen molar-refractivity contribution in [3.63, 3.8) is 0 Å². The summed E-state index contributed by atoms with van der Waals surface area (Å²) in [6.45, 7) is 0.595. The van der Waals surface area contributed by atoms with Gasteiger partial charge in [0.2, 0.25) is 0 Å². The summed E-state index contributed by atoms with van der Waals surface area (Å²) in [7, 11) is -0.0443. The van der Waals surface area contributed by atoms with Gasteiger partial charge < -0.3 is 4.74 Å². The van der Waals surface area contributed by atoms with Crippen LogP contribution in [0.4, 0.5) is 0 Å². The maximum Gasteiger partial charge on any atom is 0.187 e. The minimum atomic E-state index is -0.0443. The van der Waals surface area contributed by atoms with E-state index in [2.05, 4.69) is 84.9 Å². The van der Waals surface area contributed by atoms with Gasteiger partial charge in [0.15, 0.2) is 14.3 Å². The van der Waals surface area contributed by atoms with Crippen molar-refractivity contribution in [2.24, 2.45) is 0 Å². The summed E-state index contributed by atoms with van der Waals surface area (Å²) >= 11 is 0. The normalized spacial score (nSPS) is 11.1. The van der Waals surface area contributed by atoms with E-state index in [1.165, 1.54) is 30.6 Å². The Hall–Kier alpha value is -3.10. The molecule has 0 spiro atoms. The van der Waals surface area contributed by atoms with E-state index in [9.17, 15) is 0 Å². The fraction of sp³-hybridized carbons (Fsp3) is 0.0400. The third-order valence-electron chi connectivity index (χ3n) is 4.81.